The Labute approximate surface area is 695 Å². The molecule has 7 aliphatic rings. The Morgan fingerprint density at radius 3 is 1.68 bits per heavy atom. The summed E-state index contributed by atoms with van der Waals surface area (Å²) in [5.74, 6) is 0.506. The van der Waals surface area contributed by atoms with Crippen molar-refractivity contribution < 1.29 is 45.6 Å². The molecule has 0 unspecified atom stereocenters. The number of piperidine rings is 1. The van der Waals surface area contributed by atoms with E-state index in [0.717, 1.165) is 191 Å². The number of anilines is 7. The third-order valence-corrected chi connectivity index (χ3v) is 24.7. The molecule has 24 nitrogen and oxygen atoms in total. The van der Waals surface area contributed by atoms with Crippen molar-refractivity contribution in [3.05, 3.63) is 327 Å². The lowest BCUT2D eigenvalue weighted by atomic mass is 10.00. The van der Waals surface area contributed by atoms with Crippen molar-refractivity contribution in [2.45, 2.75) is 107 Å². The number of nitrogens with zero attached hydrogens (tertiary/aromatic N) is 5. The number of likely N-dealkylation sites (tertiary alicyclic amines) is 1. The van der Waals surface area contributed by atoms with Crippen molar-refractivity contribution in [2.75, 3.05) is 68.3 Å². The van der Waals surface area contributed by atoms with E-state index in [4.69, 9.17) is 5.14 Å². The topological polar surface area (TPSA) is 333 Å². The van der Waals surface area contributed by atoms with Crippen molar-refractivity contribution in [3.63, 3.8) is 0 Å². The number of carbonyl (C=O) groups excluding carboxylic acids is 6. The Hall–Kier alpha value is -13.6. The molecule has 0 atom stereocenters. The number of aryl methyl sites for hydroxylation is 1. The Kier molecular flexibility index (Phi) is 24.0. The highest BCUT2D eigenvalue weighted by atomic mass is 32.2. The standard InChI is InChI=1S/C20H19N5O2.C20H21NO3S.2C19H18N2O.C16H15N3O4S/c26-19(24-10-4-1-5-11-24)18-21-15-6-2-3-7-17(15)25(18)13-8-9-14-16(12-13)23-20(27)22-14;1-3-25(23,24)19-7-4-15(5-8-19)12-18(22)13-16-6-9-20-17(11-16)10-14(2)21-20;1-13-11-16-12-15(8-9-17(16)20-13)19(22)21-10-4-6-14-5-2-3-7-18(14)21;1-13-10-16-11-14(6-7-17(16)20-13)12-19(22)21-9-8-15-4-2-3-5-18(15)21;17-24(22,23)13-4-1-10(2-5-13)7-15(20)18-12-3-6-14-11(8-12)9-16(21)19-14/h2-3,6-9,12H,1,4-5,10-11H2,(H2,22,23,27);4-9,11,21H,2-3,10,12-13H2,1H3;2-3,5,7-9,12,20H,1,4,6,10-11H2;2-7,11,20H,1,8-10,12H2;1-6,8H,7,9H2,(H,18,20)(H,19,21)(H2,17,22,23). The maximum atomic E-state index is 13.2. The summed E-state index contributed by atoms with van der Waals surface area (Å²) in [6, 6.07) is 65.4. The van der Waals surface area contributed by atoms with E-state index in [2.05, 4.69) is 85.5 Å². The third-order valence-electron chi connectivity index (χ3n) is 22.0. The van der Waals surface area contributed by atoms with Crippen molar-refractivity contribution in [3.8, 4) is 5.69 Å². The van der Waals surface area contributed by atoms with Gasteiger partial charge < -0.3 is 51.3 Å². The Balaban J connectivity index is 0.000000117. The van der Waals surface area contributed by atoms with E-state index in [9.17, 15) is 50.4 Å². The molecule has 0 bridgehead atoms. The number of hydrogen-bond acceptors (Lipinski definition) is 15. The number of Topliss-reactive ketones (excluding diaryl/α,β-unsaturated/α-hetero) is 1. The van der Waals surface area contributed by atoms with Crippen LogP contribution in [0.25, 0.3) is 27.8 Å². The van der Waals surface area contributed by atoms with E-state index < -0.39 is 19.9 Å². The average molecular weight is 1640 g/mol. The quantitative estimate of drug-likeness (QED) is 0.0473. The fourth-order valence-electron chi connectivity index (χ4n) is 16.0. The van der Waals surface area contributed by atoms with Gasteiger partial charge in [0, 0.05) is 121 Å². The van der Waals surface area contributed by atoms with Crippen molar-refractivity contribution >= 4 is 117 Å². The van der Waals surface area contributed by atoms with Gasteiger partial charge in [-0.1, -0.05) is 124 Å². The Morgan fingerprint density at radius 1 is 0.475 bits per heavy atom. The maximum Gasteiger partial charge on any atom is 0.323 e. The van der Waals surface area contributed by atoms with Crippen LogP contribution in [0.1, 0.15) is 109 Å². The number of fused-ring (bicyclic) bond motifs is 8. The zero-order valence-corrected chi connectivity index (χ0v) is 68.0. The molecular formula is C94H91N13O11S2. The minimum absolute atomic E-state index is 0.00227. The first-order valence-electron chi connectivity index (χ1n) is 40.0. The molecule has 26 heteroatoms. The molecule has 0 radical (unpaired) electrons. The molecule has 120 heavy (non-hydrogen) atoms. The average Bonchev–Trinajstić information content (AvgIpc) is 1.29. The van der Waals surface area contributed by atoms with E-state index in [-0.39, 0.29) is 58.1 Å². The minimum atomic E-state index is -3.74. The van der Waals surface area contributed by atoms with Gasteiger partial charge in [0.1, 0.15) is 5.78 Å². The van der Waals surface area contributed by atoms with Gasteiger partial charge in [-0.3, -0.25) is 33.3 Å². The fourth-order valence-corrected chi connectivity index (χ4v) is 17.4. The molecule has 0 saturated carbocycles. The fraction of sp³-hybridized carbons (Fsp3) is 0.213. The number of primary sulfonamides is 1. The van der Waals surface area contributed by atoms with E-state index >= 15 is 0 Å². The number of ketones is 1. The summed E-state index contributed by atoms with van der Waals surface area (Å²) in [6.45, 7) is 16.6. The summed E-state index contributed by atoms with van der Waals surface area (Å²) in [5, 5.41) is 20.2. The number of para-hydroxylation sites is 4. The highest BCUT2D eigenvalue weighted by Crippen LogP contribution is 2.36. The van der Waals surface area contributed by atoms with Gasteiger partial charge in [-0.05, 0) is 209 Å². The summed E-state index contributed by atoms with van der Waals surface area (Å²) >= 11 is 0. The van der Waals surface area contributed by atoms with Crippen molar-refractivity contribution in [1.82, 2.24) is 24.4 Å². The molecule has 0 aliphatic carbocycles. The van der Waals surface area contributed by atoms with Crippen LogP contribution in [-0.4, -0.2) is 109 Å². The number of benzene rings is 10. The number of imidazole rings is 2. The van der Waals surface area contributed by atoms with Gasteiger partial charge in [-0.2, -0.15) is 0 Å². The van der Waals surface area contributed by atoms with Gasteiger partial charge in [-0.15, -0.1) is 0 Å². The molecule has 9 heterocycles. The second-order valence-corrected chi connectivity index (χ2v) is 34.6. The highest BCUT2D eigenvalue weighted by Gasteiger charge is 2.30. The number of sulfonamides is 1. The first-order chi connectivity index (χ1) is 57.8. The number of allylic oxidation sites excluding steroid dienone is 3. The lowest BCUT2D eigenvalue weighted by molar-refractivity contribution is -0.118. The number of sulfone groups is 1. The van der Waals surface area contributed by atoms with Gasteiger partial charge in [-0.25, -0.2) is 31.8 Å². The van der Waals surface area contributed by atoms with Crippen LogP contribution in [-0.2, 0) is 103 Å². The zero-order valence-electron chi connectivity index (χ0n) is 66.4. The van der Waals surface area contributed by atoms with Crippen molar-refractivity contribution in [2.24, 2.45) is 5.14 Å². The van der Waals surface area contributed by atoms with Crippen molar-refractivity contribution in [1.29, 1.82) is 0 Å². The molecule has 12 aromatic rings. The van der Waals surface area contributed by atoms with Gasteiger partial charge in [0.2, 0.25) is 33.6 Å². The number of aromatic amines is 2. The van der Waals surface area contributed by atoms with Crippen LogP contribution in [0, 0.1) is 0 Å². The second-order valence-electron chi connectivity index (χ2n) is 30.7. The largest absolute Gasteiger partial charge is 0.359 e. The molecule has 1 saturated heterocycles. The van der Waals surface area contributed by atoms with E-state index in [1.165, 1.54) is 34.4 Å². The van der Waals surface area contributed by atoms with Gasteiger partial charge in [0.15, 0.2) is 9.84 Å². The molecule has 9 N–H and O–H groups in total. The zero-order chi connectivity index (χ0) is 83.9. The number of rotatable bonds is 15. The molecule has 2 aromatic heterocycles. The predicted molar refractivity (Wildman–Crippen MR) is 470 cm³/mol. The molecule has 1 fully saturated rings. The van der Waals surface area contributed by atoms with E-state index in [0.29, 0.717) is 53.2 Å². The number of carbonyl (C=O) groups is 6. The van der Waals surface area contributed by atoms with Crippen LogP contribution in [0.5, 0.6) is 0 Å². The first kappa shape index (κ1) is 81.6. The normalized spacial score (nSPS) is 14.6. The van der Waals surface area contributed by atoms with Crippen LogP contribution >= 0.6 is 0 Å². The number of amides is 5. The molecular weight excluding hydrogens is 1550 g/mol. The Morgan fingerprint density at radius 2 is 1.02 bits per heavy atom. The van der Waals surface area contributed by atoms with E-state index in [1.54, 1.807) is 61.5 Å². The third kappa shape index (κ3) is 19.0. The minimum Gasteiger partial charge on any atom is -0.359 e. The predicted octanol–water partition coefficient (Wildman–Crippen LogP) is 14.2. The summed E-state index contributed by atoms with van der Waals surface area (Å²) in [4.78, 5) is 102. The van der Waals surface area contributed by atoms with Crippen LogP contribution in [0.4, 0.5) is 39.8 Å². The molecule has 0 spiro atoms. The van der Waals surface area contributed by atoms with Crippen LogP contribution in [0.2, 0.25) is 0 Å². The SMILES string of the molecule is C=C1Cc2cc(C(=O)N3CCCc4ccccc43)ccc2N1.C=C1Cc2cc(CC(=O)Cc3ccc(S(=O)(=O)CC)cc3)ccc2N1.C=C1Cc2cc(CC(=O)N3CCc4ccccc43)ccc2N1.NS(=O)(=O)c1ccc(CC(=O)Nc2ccc3c(c2)CC(=O)N3)cc1.O=C(c1nc2ccccc2n1-c1ccc2[nH]c(=O)[nH]c2c1)N1CCCCC1. The van der Waals surface area contributed by atoms with Crippen LogP contribution in [0.15, 0.2) is 264 Å². The van der Waals surface area contributed by atoms with E-state index in [1.807, 2.05) is 141 Å². The molecule has 7 aliphatic heterocycles. The Bertz CT molecular complexity index is 6400. The number of nitrogens with two attached hydrogens (primary N) is 1. The smallest absolute Gasteiger partial charge is 0.323 e. The summed E-state index contributed by atoms with van der Waals surface area (Å²) in [7, 11) is -6.94. The molecule has 10 aromatic carbocycles. The lowest BCUT2D eigenvalue weighted by Gasteiger charge is -2.29. The summed E-state index contributed by atoms with van der Waals surface area (Å²) in [5.41, 5.74) is 24.6. The van der Waals surface area contributed by atoms with Crippen LogP contribution in [0.3, 0.4) is 0 Å². The molecule has 19 rings (SSSR count). The maximum absolute atomic E-state index is 13.2. The molecule has 610 valence electrons. The second kappa shape index (κ2) is 35.3. The summed E-state index contributed by atoms with van der Waals surface area (Å²) < 4.78 is 47.9. The number of H-pyrrole nitrogens is 2. The number of aromatic nitrogens is 4. The van der Waals surface area contributed by atoms with Gasteiger partial charge >= 0.3 is 5.69 Å². The lowest BCUT2D eigenvalue weighted by Crippen LogP contribution is -2.37. The van der Waals surface area contributed by atoms with Crippen LogP contribution < -0.4 is 47.2 Å². The van der Waals surface area contributed by atoms with Gasteiger partial charge in [0.05, 0.1) is 62.6 Å². The highest BCUT2D eigenvalue weighted by molar-refractivity contribution is 7.91. The number of nitrogens with one attached hydrogen (secondary N) is 7. The monoisotopic (exact) mass is 1640 g/mol. The van der Waals surface area contributed by atoms with Gasteiger partial charge in [0.25, 0.3) is 11.8 Å². The first-order valence-corrected chi connectivity index (χ1v) is 43.2. The number of hydrogen-bond donors (Lipinski definition) is 8. The summed E-state index contributed by atoms with van der Waals surface area (Å²) in [6.07, 6.45) is 10.2. The molecule has 5 amide bonds.